The van der Waals surface area contributed by atoms with Gasteiger partial charge in [0.1, 0.15) is 22.9 Å². The Hall–Kier alpha value is -4.20. The number of benzene rings is 2. The molecule has 3 aromatic rings. The van der Waals surface area contributed by atoms with Crippen LogP contribution in [-0.2, 0) is 9.59 Å². The van der Waals surface area contributed by atoms with Crippen molar-refractivity contribution in [3.63, 3.8) is 0 Å². The highest BCUT2D eigenvalue weighted by Crippen LogP contribution is 2.26. The summed E-state index contributed by atoms with van der Waals surface area (Å²) in [6.45, 7) is 0. The van der Waals surface area contributed by atoms with Crippen molar-refractivity contribution >= 4 is 29.5 Å². The molecule has 144 valence electrons. The smallest absolute Gasteiger partial charge is 0.335 e. The Morgan fingerprint density at radius 2 is 1.83 bits per heavy atom. The second-order valence-corrected chi connectivity index (χ2v) is 6.20. The third-order valence-electron chi connectivity index (χ3n) is 4.29. The van der Waals surface area contributed by atoms with E-state index in [0.29, 0.717) is 11.3 Å². The minimum absolute atomic E-state index is 0.147. The maximum Gasteiger partial charge on any atom is 0.335 e. The summed E-state index contributed by atoms with van der Waals surface area (Å²) in [5, 5.41) is 9.92. The van der Waals surface area contributed by atoms with E-state index in [9.17, 15) is 18.8 Å². The van der Waals surface area contributed by atoms with Gasteiger partial charge < -0.3 is 9.52 Å². The summed E-state index contributed by atoms with van der Waals surface area (Å²) in [6.07, 6.45) is 1.30. The van der Waals surface area contributed by atoms with Crippen molar-refractivity contribution in [2.75, 3.05) is 5.01 Å². The summed E-state index contributed by atoms with van der Waals surface area (Å²) in [5.74, 6) is -2.13. The van der Waals surface area contributed by atoms with Crippen LogP contribution >= 0.6 is 0 Å². The lowest BCUT2D eigenvalue weighted by Gasteiger charge is -2.14. The molecule has 0 saturated carbocycles. The molecule has 1 aromatic heterocycles. The van der Waals surface area contributed by atoms with Gasteiger partial charge in [0, 0.05) is 5.56 Å². The summed E-state index contributed by atoms with van der Waals surface area (Å²) < 4.78 is 19.1. The van der Waals surface area contributed by atoms with Gasteiger partial charge in [-0.2, -0.15) is 0 Å². The molecule has 2 amide bonds. The number of carbonyl (C=O) groups is 3. The van der Waals surface area contributed by atoms with Crippen molar-refractivity contribution in [3.8, 4) is 11.3 Å². The maximum absolute atomic E-state index is 13.4. The number of anilines is 1. The summed E-state index contributed by atoms with van der Waals surface area (Å²) in [6, 6.07) is 14.6. The molecule has 0 aliphatic carbocycles. The largest absolute Gasteiger partial charge is 0.478 e. The molecule has 1 aliphatic rings. The fourth-order valence-electron chi connectivity index (χ4n) is 2.86. The number of nitrogens with zero attached hydrogens (tertiary/aromatic N) is 1. The van der Waals surface area contributed by atoms with Crippen molar-refractivity contribution in [1.82, 2.24) is 5.43 Å². The molecule has 0 atom stereocenters. The minimum Gasteiger partial charge on any atom is -0.478 e. The third-order valence-corrected chi connectivity index (χ3v) is 4.29. The number of carboxylic acids is 1. The van der Waals surface area contributed by atoms with Gasteiger partial charge in [-0.1, -0.05) is 18.2 Å². The molecule has 1 fully saturated rings. The van der Waals surface area contributed by atoms with Crippen molar-refractivity contribution in [2.45, 2.75) is 0 Å². The van der Waals surface area contributed by atoms with Gasteiger partial charge in [0.2, 0.25) is 0 Å². The number of carboxylic acid groups (broad SMARTS) is 1. The van der Waals surface area contributed by atoms with Gasteiger partial charge >= 0.3 is 5.97 Å². The van der Waals surface area contributed by atoms with Crippen LogP contribution in [0.4, 0.5) is 10.1 Å². The number of halogens is 1. The van der Waals surface area contributed by atoms with Gasteiger partial charge in [-0.3, -0.25) is 15.0 Å². The number of hydrogen-bond acceptors (Lipinski definition) is 4. The first kappa shape index (κ1) is 18.2. The number of furan rings is 1. The maximum atomic E-state index is 13.4. The number of hydrazine groups is 1. The van der Waals surface area contributed by atoms with Crippen molar-refractivity contribution in [2.24, 2.45) is 0 Å². The molecule has 8 heteroatoms. The van der Waals surface area contributed by atoms with Crippen LogP contribution in [0.2, 0.25) is 0 Å². The molecule has 7 nitrogen and oxygen atoms in total. The van der Waals surface area contributed by atoms with E-state index in [-0.39, 0.29) is 22.6 Å². The van der Waals surface area contributed by atoms with E-state index in [1.54, 1.807) is 24.3 Å². The molecule has 0 spiro atoms. The standard InChI is InChI=1S/C21H13FN2O5/c22-14-2-1-3-15(10-14)24-20(26)17(19(25)23-24)11-16-8-9-18(29-16)12-4-6-13(7-5-12)21(27)28/h1-11H,(H,23,25)(H,27,28)/b17-11-. The average Bonchev–Trinajstić information content (AvgIpc) is 3.28. The summed E-state index contributed by atoms with van der Waals surface area (Å²) in [5.41, 5.74) is 3.22. The number of aromatic carboxylic acids is 1. The molecule has 2 N–H and O–H groups in total. The summed E-state index contributed by atoms with van der Waals surface area (Å²) >= 11 is 0. The van der Waals surface area contributed by atoms with Gasteiger partial charge in [-0.25, -0.2) is 14.2 Å². The Labute approximate surface area is 163 Å². The van der Waals surface area contributed by atoms with Crippen molar-refractivity contribution in [1.29, 1.82) is 0 Å². The fourth-order valence-corrected chi connectivity index (χ4v) is 2.86. The number of amides is 2. The van der Waals surface area contributed by atoms with E-state index in [2.05, 4.69) is 5.43 Å². The monoisotopic (exact) mass is 392 g/mol. The molecule has 0 bridgehead atoms. The molecule has 0 radical (unpaired) electrons. The first-order valence-electron chi connectivity index (χ1n) is 8.48. The molecule has 29 heavy (non-hydrogen) atoms. The zero-order valence-corrected chi connectivity index (χ0v) is 14.8. The van der Waals surface area contributed by atoms with Crippen LogP contribution in [0.5, 0.6) is 0 Å². The first-order valence-corrected chi connectivity index (χ1v) is 8.48. The van der Waals surface area contributed by atoms with E-state index in [1.165, 1.54) is 36.4 Å². The van der Waals surface area contributed by atoms with Gasteiger partial charge in [0.05, 0.1) is 11.3 Å². The zero-order valence-electron chi connectivity index (χ0n) is 14.8. The fraction of sp³-hybridized carbons (Fsp3) is 0. The lowest BCUT2D eigenvalue weighted by Crippen LogP contribution is -2.35. The zero-order chi connectivity index (χ0) is 20.5. The summed E-state index contributed by atoms with van der Waals surface area (Å²) in [7, 11) is 0. The normalized spacial score (nSPS) is 15.1. The van der Waals surface area contributed by atoms with E-state index in [1.807, 2.05) is 0 Å². The topological polar surface area (TPSA) is 99.9 Å². The molecule has 2 aromatic carbocycles. The van der Waals surface area contributed by atoms with E-state index in [0.717, 1.165) is 11.1 Å². The Balaban J connectivity index is 1.59. The molecular formula is C21H13FN2O5. The lowest BCUT2D eigenvalue weighted by molar-refractivity contribution is -0.117. The van der Waals surface area contributed by atoms with Crippen molar-refractivity contribution < 1.29 is 28.3 Å². The minimum atomic E-state index is -1.03. The van der Waals surface area contributed by atoms with E-state index < -0.39 is 23.6 Å². The number of rotatable bonds is 4. The highest BCUT2D eigenvalue weighted by molar-refractivity contribution is 6.31. The lowest BCUT2D eigenvalue weighted by atomic mass is 10.1. The van der Waals surface area contributed by atoms with E-state index >= 15 is 0 Å². The van der Waals surface area contributed by atoms with Gasteiger partial charge in [0.25, 0.3) is 11.8 Å². The average molecular weight is 392 g/mol. The second-order valence-electron chi connectivity index (χ2n) is 6.20. The van der Waals surface area contributed by atoms with Crippen LogP contribution in [0.25, 0.3) is 17.4 Å². The highest BCUT2D eigenvalue weighted by atomic mass is 19.1. The Morgan fingerprint density at radius 3 is 2.52 bits per heavy atom. The predicted molar refractivity (Wildman–Crippen MR) is 101 cm³/mol. The molecule has 1 aliphatic heterocycles. The Kier molecular flexibility index (Phi) is 4.44. The van der Waals surface area contributed by atoms with Crippen LogP contribution in [-0.4, -0.2) is 22.9 Å². The first-order chi connectivity index (χ1) is 13.9. The number of nitrogens with one attached hydrogen (secondary N) is 1. The highest BCUT2D eigenvalue weighted by Gasteiger charge is 2.34. The number of carbonyl (C=O) groups excluding carboxylic acids is 2. The molecular weight excluding hydrogens is 379 g/mol. The van der Waals surface area contributed by atoms with Crippen LogP contribution in [0.15, 0.2) is 70.7 Å². The van der Waals surface area contributed by atoms with Crippen LogP contribution < -0.4 is 10.4 Å². The van der Waals surface area contributed by atoms with E-state index in [4.69, 9.17) is 9.52 Å². The Bertz CT molecular complexity index is 1160. The van der Waals surface area contributed by atoms with Crippen molar-refractivity contribution in [3.05, 3.63) is 83.4 Å². The van der Waals surface area contributed by atoms with Gasteiger partial charge in [-0.05, 0) is 48.5 Å². The SMILES string of the molecule is O=C1NN(c2cccc(F)c2)C(=O)/C1=C\c1ccc(-c2ccc(C(=O)O)cc2)o1. The quantitative estimate of drug-likeness (QED) is 0.525. The molecule has 4 rings (SSSR count). The van der Waals surface area contributed by atoms with Crippen LogP contribution in [0.3, 0.4) is 0 Å². The van der Waals surface area contributed by atoms with Gasteiger partial charge in [0.15, 0.2) is 0 Å². The van der Waals surface area contributed by atoms with Crippen LogP contribution in [0.1, 0.15) is 16.1 Å². The van der Waals surface area contributed by atoms with Crippen LogP contribution in [0, 0.1) is 5.82 Å². The Morgan fingerprint density at radius 1 is 1.07 bits per heavy atom. The molecule has 1 saturated heterocycles. The third kappa shape index (κ3) is 3.51. The number of hydrogen-bond donors (Lipinski definition) is 2. The predicted octanol–water partition coefficient (Wildman–Crippen LogP) is 3.25. The molecule has 2 heterocycles. The molecule has 0 unspecified atom stereocenters. The van der Waals surface area contributed by atoms with Gasteiger partial charge in [-0.15, -0.1) is 0 Å². The summed E-state index contributed by atoms with van der Waals surface area (Å²) in [4.78, 5) is 35.7. The second kappa shape index (κ2) is 7.08.